The van der Waals surface area contributed by atoms with Gasteiger partial charge in [0.15, 0.2) is 0 Å². The number of hydrogen-bond acceptors (Lipinski definition) is 7. The van der Waals surface area contributed by atoms with Crippen molar-refractivity contribution >= 4 is 71.3 Å². The van der Waals surface area contributed by atoms with Crippen LogP contribution in [0.25, 0.3) is 53.6 Å². The average molecular weight is 799 g/mol. The SMILES string of the molecule is Cc1cc2c(s1)c(-c1nc(N(c3ccccc3)c3nccc(-c4[c-]cccc4)n3)nc3c(C)c(C)sc13)[c-]c1ccccc12.[Pt+2]. The second-order valence-electron chi connectivity index (χ2n) is 10.7. The number of benzene rings is 4. The zero-order valence-corrected chi connectivity index (χ0v) is 28.5. The zero-order chi connectivity index (χ0) is 29.8. The number of thiophene rings is 2. The van der Waals surface area contributed by atoms with Crippen LogP contribution in [0.15, 0.2) is 97.2 Å². The molecule has 0 fully saturated rings. The van der Waals surface area contributed by atoms with E-state index in [1.807, 2.05) is 65.6 Å². The Balaban J connectivity index is 0.00000325. The van der Waals surface area contributed by atoms with Crippen molar-refractivity contribution in [1.29, 1.82) is 0 Å². The van der Waals surface area contributed by atoms with Crippen molar-refractivity contribution in [3.63, 3.8) is 0 Å². The molecule has 5 nitrogen and oxygen atoms in total. The standard InChI is InChI=1S/C37H25N5S2.Pt/c1-22-20-29-28-17-11-10-14-26(28)21-30(34(29)43-22)33-35-32(23(2)24(3)44-35)40-37(41-33)42(27-15-8-5-9-16-27)36-38-19-18-31(39-36)25-12-6-4-7-13-25;/h4-12,14-20H,1-3H3;/q-2;+2. The van der Waals surface area contributed by atoms with Gasteiger partial charge < -0.3 is 0 Å². The number of aryl methyl sites for hydroxylation is 3. The van der Waals surface area contributed by atoms with Crippen LogP contribution in [0.1, 0.15) is 15.3 Å². The van der Waals surface area contributed by atoms with Crippen LogP contribution in [-0.4, -0.2) is 19.9 Å². The van der Waals surface area contributed by atoms with Crippen molar-refractivity contribution < 1.29 is 21.1 Å². The molecule has 4 heterocycles. The molecule has 0 bridgehead atoms. The second-order valence-corrected chi connectivity index (χ2v) is 13.1. The third kappa shape index (κ3) is 5.15. The van der Waals surface area contributed by atoms with Crippen LogP contribution in [0.4, 0.5) is 17.6 Å². The van der Waals surface area contributed by atoms with Crippen molar-refractivity contribution in [2.24, 2.45) is 0 Å². The van der Waals surface area contributed by atoms with E-state index in [1.54, 1.807) is 28.9 Å². The van der Waals surface area contributed by atoms with Crippen LogP contribution in [0, 0.1) is 32.9 Å². The van der Waals surface area contributed by atoms with E-state index in [1.165, 1.54) is 25.2 Å². The van der Waals surface area contributed by atoms with Crippen molar-refractivity contribution in [1.82, 2.24) is 19.9 Å². The van der Waals surface area contributed by atoms with E-state index >= 15 is 0 Å². The van der Waals surface area contributed by atoms with Crippen molar-refractivity contribution in [3.05, 3.63) is 125 Å². The number of rotatable bonds is 5. The fourth-order valence-electron chi connectivity index (χ4n) is 5.60. The van der Waals surface area contributed by atoms with Gasteiger partial charge in [-0.05, 0) is 53.7 Å². The molecule has 45 heavy (non-hydrogen) atoms. The summed E-state index contributed by atoms with van der Waals surface area (Å²) in [5.74, 6) is 0.997. The fourth-order valence-corrected chi connectivity index (χ4v) is 7.72. The zero-order valence-electron chi connectivity index (χ0n) is 24.6. The summed E-state index contributed by atoms with van der Waals surface area (Å²) >= 11 is 3.52. The first-order valence-electron chi connectivity index (χ1n) is 14.3. The van der Waals surface area contributed by atoms with Crippen LogP contribution < -0.4 is 4.90 Å². The molecule has 0 unspecified atom stereocenters. The predicted octanol–water partition coefficient (Wildman–Crippen LogP) is 10.2. The summed E-state index contributed by atoms with van der Waals surface area (Å²) in [5.41, 5.74) is 6.49. The summed E-state index contributed by atoms with van der Waals surface area (Å²) in [6.07, 6.45) is 1.78. The molecule has 8 heteroatoms. The van der Waals surface area contributed by atoms with Gasteiger partial charge in [0.05, 0.1) is 11.2 Å². The molecule has 220 valence electrons. The Hall–Kier alpha value is -4.29. The molecule has 0 atom stereocenters. The van der Waals surface area contributed by atoms with Gasteiger partial charge in [-0.25, -0.2) is 14.9 Å². The Morgan fingerprint density at radius 2 is 1.53 bits per heavy atom. The maximum absolute atomic E-state index is 5.36. The molecular formula is C37H25N5PtS2. The van der Waals surface area contributed by atoms with Crippen LogP contribution in [0.3, 0.4) is 0 Å². The largest absolute Gasteiger partial charge is 2.00 e. The summed E-state index contributed by atoms with van der Waals surface area (Å²) in [7, 11) is 0. The van der Waals surface area contributed by atoms with Gasteiger partial charge >= 0.3 is 21.1 Å². The predicted molar refractivity (Wildman–Crippen MR) is 183 cm³/mol. The number of anilines is 3. The van der Waals surface area contributed by atoms with Crippen molar-refractivity contribution in [2.45, 2.75) is 20.8 Å². The molecule has 0 amide bonds. The topological polar surface area (TPSA) is 54.8 Å². The fraction of sp³-hybridized carbons (Fsp3) is 0.0811. The van der Waals surface area contributed by atoms with Gasteiger partial charge in [-0.15, -0.1) is 64.8 Å². The van der Waals surface area contributed by atoms with E-state index in [0.29, 0.717) is 11.9 Å². The van der Waals surface area contributed by atoms with Gasteiger partial charge in [0.2, 0.25) is 11.9 Å². The van der Waals surface area contributed by atoms with E-state index in [-0.39, 0.29) is 21.1 Å². The summed E-state index contributed by atoms with van der Waals surface area (Å²) in [4.78, 5) is 24.7. The van der Waals surface area contributed by atoms with Gasteiger partial charge in [0.25, 0.3) is 0 Å². The van der Waals surface area contributed by atoms with E-state index in [9.17, 15) is 0 Å². The third-order valence-electron chi connectivity index (χ3n) is 7.83. The summed E-state index contributed by atoms with van der Waals surface area (Å²) < 4.78 is 2.24. The molecule has 0 spiro atoms. The Labute approximate surface area is 283 Å². The quantitative estimate of drug-likeness (QED) is 0.162. The van der Waals surface area contributed by atoms with Crippen LogP contribution >= 0.6 is 22.7 Å². The molecule has 4 aromatic heterocycles. The van der Waals surface area contributed by atoms with Crippen LogP contribution in [-0.2, 0) is 21.1 Å². The molecule has 0 saturated heterocycles. The van der Waals surface area contributed by atoms with Gasteiger partial charge in [0, 0.05) is 21.5 Å². The maximum Gasteiger partial charge on any atom is 2.00 e. The number of para-hydroxylation sites is 1. The monoisotopic (exact) mass is 798 g/mol. The van der Waals surface area contributed by atoms with Crippen molar-refractivity contribution in [3.8, 4) is 22.5 Å². The summed E-state index contributed by atoms with van der Waals surface area (Å²) in [6.45, 7) is 6.45. The molecule has 0 aliphatic heterocycles. The molecule has 0 aliphatic rings. The Kier molecular flexibility index (Phi) is 7.78. The number of aromatic nitrogens is 4. The van der Waals surface area contributed by atoms with Crippen LogP contribution in [0.5, 0.6) is 0 Å². The molecule has 0 aliphatic carbocycles. The third-order valence-corrected chi connectivity index (χ3v) is 10.1. The Bertz CT molecular complexity index is 2330. The first kappa shape index (κ1) is 29.4. The summed E-state index contributed by atoms with van der Waals surface area (Å²) in [6, 6.07) is 37.6. The first-order valence-corrected chi connectivity index (χ1v) is 16.0. The van der Waals surface area contributed by atoms with E-state index in [0.717, 1.165) is 49.4 Å². The maximum atomic E-state index is 5.36. The smallest absolute Gasteiger partial charge is 0.263 e. The van der Waals surface area contributed by atoms with Gasteiger partial charge in [0.1, 0.15) is 0 Å². The number of nitrogens with zero attached hydrogens (tertiary/aromatic N) is 5. The second kappa shape index (κ2) is 11.9. The van der Waals surface area contributed by atoms with E-state index < -0.39 is 0 Å². The minimum absolute atomic E-state index is 0. The molecule has 0 saturated carbocycles. The van der Waals surface area contributed by atoms with E-state index in [4.69, 9.17) is 19.9 Å². The first-order chi connectivity index (χ1) is 21.5. The molecule has 4 aromatic carbocycles. The van der Waals surface area contributed by atoms with E-state index in [2.05, 4.69) is 63.2 Å². The van der Waals surface area contributed by atoms with Gasteiger partial charge in [-0.1, -0.05) is 64.9 Å². The Morgan fingerprint density at radius 1 is 0.733 bits per heavy atom. The van der Waals surface area contributed by atoms with Crippen LogP contribution in [0.2, 0.25) is 0 Å². The van der Waals surface area contributed by atoms with Gasteiger partial charge in [-0.3, -0.25) is 9.97 Å². The normalized spacial score (nSPS) is 11.3. The minimum atomic E-state index is 0. The molecule has 0 N–H and O–H groups in total. The number of hydrogen-bond donors (Lipinski definition) is 0. The molecule has 0 radical (unpaired) electrons. The van der Waals surface area contributed by atoms with Gasteiger partial charge in [-0.2, -0.15) is 11.3 Å². The number of fused-ring (bicyclic) bond motifs is 4. The van der Waals surface area contributed by atoms with Crippen molar-refractivity contribution in [2.75, 3.05) is 4.90 Å². The molecule has 8 aromatic rings. The summed E-state index contributed by atoms with van der Waals surface area (Å²) in [5, 5.41) is 3.50. The average Bonchev–Trinajstić information content (AvgIpc) is 3.60. The Morgan fingerprint density at radius 3 is 2.36 bits per heavy atom. The molecular weight excluding hydrogens is 774 g/mol. The molecule has 8 rings (SSSR count). The minimum Gasteiger partial charge on any atom is -0.263 e.